The summed E-state index contributed by atoms with van der Waals surface area (Å²) < 4.78 is 4.71. The van der Waals surface area contributed by atoms with E-state index in [2.05, 4.69) is 5.32 Å². The van der Waals surface area contributed by atoms with E-state index in [1.807, 2.05) is 0 Å². The molecule has 6 nitrogen and oxygen atoms in total. The van der Waals surface area contributed by atoms with Gasteiger partial charge in [0.2, 0.25) is 5.91 Å². The molecule has 0 saturated heterocycles. The quantitative estimate of drug-likeness (QED) is 0.601. The fourth-order valence-corrected chi connectivity index (χ4v) is 1.03. The third-order valence-electron chi connectivity index (χ3n) is 1.92. The minimum absolute atomic E-state index is 0.100. The van der Waals surface area contributed by atoms with E-state index in [0.717, 1.165) is 0 Å². The second-order valence-corrected chi connectivity index (χ2v) is 3.41. The molecule has 0 rings (SSSR count). The van der Waals surface area contributed by atoms with Crippen molar-refractivity contribution < 1.29 is 19.4 Å². The fraction of sp³-hybridized carbons (Fsp3) is 0.700. The molecule has 0 aliphatic heterocycles. The SMILES string of the molecule is CCOC(=O)C(C)(C#N)CC(=O)NCCO. The van der Waals surface area contributed by atoms with Crippen molar-refractivity contribution in [2.24, 2.45) is 5.41 Å². The Balaban J connectivity index is 4.43. The average molecular weight is 228 g/mol. The molecule has 0 aromatic heterocycles. The lowest BCUT2D eigenvalue weighted by Gasteiger charge is -2.18. The summed E-state index contributed by atoms with van der Waals surface area (Å²) in [6.07, 6.45) is -0.275. The van der Waals surface area contributed by atoms with Crippen LogP contribution in [0.15, 0.2) is 0 Å². The number of aliphatic hydroxyl groups is 1. The van der Waals surface area contributed by atoms with Gasteiger partial charge in [0, 0.05) is 6.54 Å². The van der Waals surface area contributed by atoms with Gasteiger partial charge in [0.1, 0.15) is 0 Å². The number of ether oxygens (including phenoxy) is 1. The van der Waals surface area contributed by atoms with Crippen LogP contribution in [0.3, 0.4) is 0 Å². The van der Waals surface area contributed by atoms with Gasteiger partial charge >= 0.3 is 5.97 Å². The zero-order chi connectivity index (χ0) is 12.6. The highest BCUT2D eigenvalue weighted by Crippen LogP contribution is 2.22. The van der Waals surface area contributed by atoms with E-state index in [0.29, 0.717) is 0 Å². The van der Waals surface area contributed by atoms with Gasteiger partial charge in [-0.05, 0) is 13.8 Å². The third kappa shape index (κ3) is 4.28. The van der Waals surface area contributed by atoms with Gasteiger partial charge in [0.05, 0.1) is 25.7 Å². The predicted molar refractivity (Wildman–Crippen MR) is 55.1 cm³/mol. The van der Waals surface area contributed by atoms with E-state index < -0.39 is 17.3 Å². The van der Waals surface area contributed by atoms with Gasteiger partial charge in [-0.3, -0.25) is 9.59 Å². The van der Waals surface area contributed by atoms with Crippen LogP contribution < -0.4 is 5.32 Å². The number of esters is 1. The number of carbonyl (C=O) groups is 2. The summed E-state index contributed by atoms with van der Waals surface area (Å²) in [5.41, 5.74) is -1.48. The minimum Gasteiger partial charge on any atom is -0.465 e. The van der Waals surface area contributed by atoms with Gasteiger partial charge in [0.15, 0.2) is 5.41 Å². The Morgan fingerprint density at radius 3 is 2.62 bits per heavy atom. The van der Waals surface area contributed by atoms with E-state index in [-0.39, 0.29) is 26.2 Å². The summed E-state index contributed by atoms with van der Waals surface area (Å²) in [6, 6.07) is 1.77. The van der Waals surface area contributed by atoms with Crippen LogP contribution in [0.2, 0.25) is 0 Å². The van der Waals surface area contributed by atoms with E-state index in [4.69, 9.17) is 15.1 Å². The van der Waals surface area contributed by atoms with E-state index in [9.17, 15) is 9.59 Å². The first kappa shape index (κ1) is 14.4. The number of nitriles is 1. The summed E-state index contributed by atoms with van der Waals surface area (Å²) in [4.78, 5) is 22.7. The summed E-state index contributed by atoms with van der Waals surface area (Å²) in [7, 11) is 0. The highest BCUT2D eigenvalue weighted by atomic mass is 16.5. The normalized spacial score (nSPS) is 13.4. The number of amides is 1. The first-order valence-electron chi connectivity index (χ1n) is 4.96. The molecule has 0 fully saturated rings. The van der Waals surface area contributed by atoms with Gasteiger partial charge in [-0.2, -0.15) is 5.26 Å². The zero-order valence-corrected chi connectivity index (χ0v) is 9.45. The first-order chi connectivity index (χ1) is 7.50. The van der Waals surface area contributed by atoms with Gasteiger partial charge in [-0.25, -0.2) is 0 Å². The van der Waals surface area contributed by atoms with Crippen LogP contribution >= 0.6 is 0 Å². The van der Waals surface area contributed by atoms with Crippen molar-refractivity contribution in [2.75, 3.05) is 19.8 Å². The molecule has 0 heterocycles. The second-order valence-electron chi connectivity index (χ2n) is 3.41. The average Bonchev–Trinajstić information content (AvgIpc) is 2.26. The van der Waals surface area contributed by atoms with Crippen molar-refractivity contribution in [3.05, 3.63) is 0 Å². The number of hydrogen-bond donors (Lipinski definition) is 2. The summed E-state index contributed by atoms with van der Waals surface area (Å²) in [5.74, 6) is -1.18. The number of hydrogen-bond acceptors (Lipinski definition) is 5. The minimum atomic E-state index is -1.48. The van der Waals surface area contributed by atoms with Gasteiger partial charge in [-0.15, -0.1) is 0 Å². The molecule has 2 N–H and O–H groups in total. The molecular weight excluding hydrogens is 212 g/mol. The fourth-order valence-electron chi connectivity index (χ4n) is 1.03. The molecule has 1 unspecified atom stereocenters. The monoisotopic (exact) mass is 228 g/mol. The second kappa shape index (κ2) is 6.80. The molecule has 1 amide bonds. The van der Waals surface area contributed by atoms with Crippen molar-refractivity contribution in [1.29, 1.82) is 5.26 Å². The third-order valence-corrected chi connectivity index (χ3v) is 1.92. The predicted octanol–water partition coefficient (Wildman–Crippen LogP) is -0.422. The first-order valence-corrected chi connectivity index (χ1v) is 4.96. The largest absolute Gasteiger partial charge is 0.465 e. The number of nitrogens with zero attached hydrogens (tertiary/aromatic N) is 1. The molecule has 1 atom stereocenters. The Morgan fingerprint density at radius 2 is 2.19 bits per heavy atom. The molecule has 0 aliphatic carbocycles. The molecule has 90 valence electrons. The maximum Gasteiger partial charge on any atom is 0.326 e. The molecule has 16 heavy (non-hydrogen) atoms. The molecule has 0 aliphatic rings. The Hall–Kier alpha value is -1.61. The molecule has 0 radical (unpaired) electrons. The van der Waals surface area contributed by atoms with Crippen molar-refractivity contribution in [1.82, 2.24) is 5.32 Å². The molecule has 0 aromatic carbocycles. The Labute approximate surface area is 94.2 Å². The Bertz CT molecular complexity index is 298. The molecule has 0 aromatic rings. The molecular formula is C10H16N2O4. The van der Waals surface area contributed by atoms with Crippen molar-refractivity contribution in [2.45, 2.75) is 20.3 Å². The van der Waals surface area contributed by atoms with Crippen molar-refractivity contribution in [3.63, 3.8) is 0 Å². The Kier molecular flexibility index (Phi) is 6.11. The van der Waals surface area contributed by atoms with Gasteiger partial charge in [-0.1, -0.05) is 0 Å². The summed E-state index contributed by atoms with van der Waals surface area (Å²) >= 11 is 0. The number of carbonyl (C=O) groups excluding carboxylic acids is 2. The van der Waals surface area contributed by atoms with Crippen LogP contribution in [0, 0.1) is 16.7 Å². The smallest absolute Gasteiger partial charge is 0.326 e. The lowest BCUT2D eigenvalue weighted by molar-refractivity contribution is -0.153. The van der Waals surface area contributed by atoms with E-state index >= 15 is 0 Å². The maximum absolute atomic E-state index is 11.4. The van der Waals surface area contributed by atoms with Crippen LogP contribution in [-0.2, 0) is 14.3 Å². The van der Waals surface area contributed by atoms with Gasteiger partial charge < -0.3 is 15.2 Å². The Morgan fingerprint density at radius 1 is 1.56 bits per heavy atom. The molecule has 0 saturated carbocycles. The van der Waals surface area contributed by atoms with Crippen LogP contribution in [0.5, 0.6) is 0 Å². The van der Waals surface area contributed by atoms with E-state index in [1.54, 1.807) is 13.0 Å². The summed E-state index contributed by atoms with van der Waals surface area (Å²) in [5, 5.41) is 19.7. The van der Waals surface area contributed by atoms with Crippen LogP contribution in [0.4, 0.5) is 0 Å². The number of rotatable bonds is 6. The molecule has 0 bridgehead atoms. The van der Waals surface area contributed by atoms with Gasteiger partial charge in [0.25, 0.3) is 0 Å². The highest BCUT2D eigenvalue weighted by molar-refractivity contribution is 5.87. The van der Waals surface area contributed by atoms with E-state index in [1.165, 1.54) is 6.92 Å². The number of aliphatic hydroxyl groups excluding tert-OH is 1. The standard InChI is InChI=1S/C10H16N2O4/c1-3-16-9(15)10(2,7-11)6-8(14)12-4-5-13/h13H,3-6H2,1-2H3,(H,12,14). The lowest BCUT2D eigenvalue weighted by Crippen LogP contribution is -2.36. The van der Waals surface area contributed by atoms with Crippen LogP contribution in [-0.4, -0.2) is 36.7 Å². The topological polar surface area (TPSA) is 99.4 Å². The van der Waals surface area contributed by atoms with Crippen LogP contribution in [0.25, 0.3) is 0 Å². The number of nitrogens with one attached hydrogen (secondary N) is 1. The lowest BCUT2D eigenvalue weighted by atomic mass is 9.88. The van der Waals surface area contributed by atoms with Crippen molar-refractivity contribution in [3.8, 4) is 6.07 Å². The van der Waals surface area contributed by atoms with Crippen molar-refractivity contribution >= 4 is 11.9 Å². The maximum atomic E-state index is 11.4. The highest BCUT2D eigenvalue weighted by Gasteiger charge is 2.37. The molecule has 0 spiro atoms. The summed E-state index contributed by atoms with van der Waals surface area (Å²) in [6.45, 7) is 3.05. The zero-order valence-electron chi connectivity index (χ0n) is 9.45. The van der Waals surface area contributed by atoms with Crippen LogP contribution in [0.1, 0.15) is 20.3 Å². The molecule has 6 heteroatoms.